The molecule has 0 radical (unpaired) electrons. The van der Waals surface area contributed by atoms with E-state index in [1.54, 1.807) is 0 Å². The van der Waals surface area contributed by atoms with Crippen LogP contribution in [-0.4, -0.2) is 64.4 Å². The number of hydrogen-bond acceptors (Lipinski definition) is 9. The summed E-state index contributed by atoms with van der Waals surface area (Å²) in [4.78, 5) is 39.6. The molecule has 3 rings (SSSR count). The zero-order valence-corrected chi connectivity index (χ0v) is 12.8. The van der Waals surface area contributed by atoms with E-state index >= 15 is 0 Å². The van der Waals surface area contributed by atoms with Gasteiger partial charge in [0.25, 0.3) is 5.56 Å². The lowest BCUT2D eigenvalue weighted by Gasteiger charge is -2.20. The Morgan fingerprint density at radius 2 is 2.21 bits per heavy atom. The number of aromatic nitrogens is 4. The van der Waals surface area contributed by atoms with Gasteiger partial charge in [0.15, 0.2) is 17.4 Å². The van der Waals surface area contributed by atoms with Crippen LogP contribution in [0.4, 0.5) is 5.95 Å². The number of hydrogen-bond donors (Lipinski definition) is 6. The summed E-state index contributed by atoms with van der Waals surface area (Å²) in [5.41, 5.74) is 4.79. The molecule has 1 fully saturated rings. The van der Waals surface area contributed by atoms with E-state index in [0.717, 1.165) is 10.9 Å². The smallest absolute Gasteiger partial charge is 0.394 e. The Morgan fingerprint density at radius 1 is 1.50 bits per heavy atom. The minimum absolute atomic E-state index is 0.00572. The number of nitrogens with two attached hydrogens (primary N) is 1. The highest BCUT2D eigenvalue weighted by Crippen LogP contribution is 2.43. The summed E-state index contributed by atoms with van der Waals surface area (Å²) in [5, 5.41) is 19.6. The predicted octanol–water partition coefficient (Wildman–Crippen LogP) is -2.57. The summed E-state index contributed by atoms with van der Waals surface area (Å²) in [6.07, 6.45) is -4.40. The topological polar surface area (TPSA) is 206 Å². The van der Waals surface area contributed by atoms with Crippen molar-refractivity contribution in [2.24, 2.45) is 0 Å². The summed E-state index contributed by atoms with van der Waals surface area (Å²) in [6, 6.07) is 0. The Balaban J connectivity index is 2.01. The summed E-state index contributed by atoms with van der Waals surface area (Å²) in [6.45, 7) is -0.666. The van der Waals surface area contributed by atoms with E-state index < -0.39 is 44.5 Å². The number of phosphoric ester groups is 1. The molecule has 14 heteroatoms. The van der Waals surface area contributed by atoms with Gasteiger partial charge in [-0.3, -0.25) is 18.9 Å². The Labute approximate surface area is 132 Å². The summed E-state index contributed by atoms with van der Waals surface area (Å²) < 4.78 is 22.0. The molecule has 0 unspecified atom stereocenters. The number of H-pyrrole nitrogens is 1. The number of nitrogens with one attached hydrogen (secondary N) is 1. The molecule has 3 heterocycles. The van der Waals surface area contributed by atoms with Crippen LogP contribution in [-0.2, 0) is 13.8 Å². The van der Waals surface area contributed by atoms with Gasteiger partial charge in [-0.15, -0.1) is 0 Å². The maximum absolute atomic E-state index is 11.8. The lowest BCUT2D eigenvalue weighted by molar-refractivity contribution is -0.0509. The van der Waals surface area contributed by atoms with Crippen LogP contribution in [0.3, 0.4) is 0 Å². The maximum Gasteiger partial charge on any atom is 0.470 e. The third-order valence-corrected chi connectivity index (χ3v) is 3.99. The Hall–Kier alpha value is -1.86. The summed E-state index contributed by atoms with van der Waals surface area (Å²) in [5.74, 6) is -0.191. The van der Waals surface area contributed by atoms with Gasteiger partial charge in [0.05, 0.1) is 12.9 Å². The number of fused-ring (bicyclic) bond motifs is 1. The molecular formula is C10H14N5O8P. The Morgan fingerprint density at radius 3 is 2.83 bits per heavy atom. The minimum Gasteiger partial charge on any atom is -0.394 e. The first-order valence-corrected chi connectivity index (χ1v) is 8.15. The molecule has 1 aliphatic heterocycles. The van der Waals surface area contributed by atoms with Crippen molar-refractivity contribution in [1.82, 2.24) is 19.5 Å². The molecule has 132 valence electrons. The molecular weight excluding hydrogens is 349 g/mol. The van der Waals surface area contributed by atoms with Gasteiger partial charge in [0, 0.05) is 0 Å². The number of nitrogen functional groups attached to an aromatic ring is 1. The molecule has 24 heavy (non-hydrogen) atoms. The van der Waals surface area contributed by atoms with Crippen molar-refractivity contribution in [3.8, 4) is 0 Å². The second kappa shape index (κ2) is 5.89. The first-order valence-electron chi connectivity index (χ1n) is 6.62. The van der Waals surface area contributed by atoms with Crippen LogP contribution >= 0.6 is 7.82 Å². The van der Waals surface area contributed by atoms with Gasteiger partial charge >= 0.3 is 7.82 Å². The fourth-order valence-electron chi connectivity index (χ4n) is 2.51. The second-order valence-corrected chi connectivity index (χ2v) is 6.27. The highest BCUT2D eigenvalue weighted by atomic mass is 31.2. The number of phosphoric acid groups is 1. The monoisotopic (exact) mass is 363 g/mol. The number of aromatic amines is 1. The number of rotatable bonds is 4. The van der Waals surface area contributed by atoms with Crippen LogP contribution in [0.5, 0.6) is 0 Å². The van der Waals surface area contributed by atoms with E-state index in [4.69, 9.17) is 20.3 Å². The first-order chi connectivity index (χ1) is 11.2. The highest BCUT2D eigenvalue weighted by molar-refractivity contribution is 7.46. The fourth-order valence-corrected chi connectivity index (χ4v) is 3.09. The third-order valence-electron chi connectivity index (χ3n) is 3.47. The van der Waals surface area contributed by atoms with Gasteiger partial charge in [-0.1, -0.05) is 0 Å². The van der Waals surface area contributed by atoms with Crippen molar-refractivity contribution in [2.75, 3.05) is 12.3 Å². The molecule has 0 bridgehead atoms. The van der Waals surface area contributed by atoms with Gasteiger partial charge in [-0.05, 0) is 0 Å². The normalized spacial score (nSPS) is 27.8. The van der Waals surface area contributed by atoms with Crippen LogP contribution in [0.1, 0.15) is 6.23 Å². The van der Waals surface area contributed by atoms with Crippen molar-refractivity contribution in [1.29, 1.82) is 0 Å². The van der Waals surface area contributed by atoms with Crippen molar-refractivity contribution >= 4 is 24.9 Å². The van der Waals surface area contributed by atoms with Gasteiger partial charge < -0.3 is 30.5 Å². The van der Waals surface area contributed by atoms with Gasteiger partial charge in [0.1, 0.15) is 18.3 Å². The zero-order valence-electron chi connectivity index (χ0n) is 11.9. The maximum atomic E-state index is 11.8. The third kappa shape index (κ3) is 2.93. The fraction of sp³-hybridized carbons (Fsp3) is 0.500. The number of anilines is 1. The predicted molar refractivity (Wildman–Crippen MR) is 76.5 cm³/mol. The number of aliphatic hydroxyl groups excluding tert-OH is 2. The zero-order chi connectivity index (χ0) is 17.6. The average molecular weight is 363 g/mol. The number of imidazole rings is 1. The Bertz CT molecular complexity index is 861. The van der Waals surface area contributed by atoms with E-state index in [-0.39, 0.29) is 17.1 Å². The first kappa shape index (κ1) is 17.0. The van der Waals surface area contributed by atoms with E-state index in [1.807, 2.05) is 0 Å². The van der Waals surface area contributed by atoms with Gasteiger partial charge in [-0.2, -0.15) is 4.98 Å². The van der Waals surface area contributed by atoms with Gasteiger partial charge in [-0.25, -0.2) is 9.55 Å². The van der Waals surface area contributed by atoms with E-state index in [1.165, 1.54) is 0 Å². The van der Waals surface area contributed by atoms with E-state index in [9.17, 15) is 19.6 Å². The quantitative estimate of drug-likeness (QED) is 0.311. The van der Waals surface area contributed by atoms with Crippen molar-refractivity contribution in [2.45, 2.75) is 24.5 Å². The molecule has 0 spiro atoms. The standard InChI is InChI=1S/C10H14N5O8P/c11-10-13-7-4(8(18)14-10)12-2-15(7)9-5(17)6(3(1-16)22-9)23-24(19,20)21/h2-3,5-6,9,16-17H,1H2,(H2,19,20,21)(H3,11,13,14,18)/t3-,5-,6-,9-/m0/s1. The molecule has 0 saturated carbocycles. The molecule has 2 aromatic heterocycles. The minimum atomic E-state index is -4.94. The number of ether oxygens (including phenoxy) is 1. The lowest BCUT2D eigenvalue weighted by Crippen LogP contribution is -2.35. The van der Waals surface area contributed by atoms with Crippen molar-refractivity contribution in [3.05, 3.63) is 16.7 Å². The number of aliphatic hydroxyl groups is 2. The van der Waals surface area contributed by atoms with Crippen molar-refractivity contribution < 1.29 is 33.8 Å². The van der Waals surface area contributed by atoms with Gasteiger partial charge in [0.2, 0.25) is 5.95 Å². The highest BCUT2D eigenvalue weighted by Gasteiger charge is 2.48. The molecule has 13 nitrogen and oxygen atoms in total. The summed E-state index contributed by atoms with van der Waals surface area (Å²) in [7, 11) is -4.94. The summed E-state index contributed by atoms with van der Waals surface area (Å²) >= 11 is 0. The molecule has 0 aliphatic carbocycles. The molecule has 0 aromatic carbocycles. The van der Waals surface area contributed by atoms with Crippen molar-refractivity contribution in [3.63, 3.8) is 0 Å². The Kier molecular flexibility index (Phi) is 4.17. The average Bonchev–Trinajstić information content (AvgIpc) is 3.00. The van der Waals surface area contributed by atoms with Crippen LogP contribution in [0.2, 0.25) is 0 Å². The molecule has 7 N–H and O–H groups in total. The van der Waals surface area contributed by atoms with Crippen LogP contribution < -0.4 is 11.3 Å². The molecule has 0 amide bonds. The van der Waals surface area contributed by atoms with Crippen LogP contribution in [0, 0.1) is 0 Å². The largest absolute Gasteiger partial charge is 0.470 e. The SMILES string of the molecule is Nc1nc2c(ncn2[C@H]2O[C@@H](CO)[C@H](OP(=O)(O)O)[C@@H]2O)c(=O)[nH]1. The molecule has 1 saturated heterocycles. The number of nitrogens with zero attached hydrogens (tertiary/aromatic N) is 3. The van der Waals surface area contributed by atoms with Crippen LogP contribution in [0.25, 0.3) is 11.2 Å². The second-order valence-electron chi connectivity index (χ2n) is 5.07. The molecule has 1 aliphatic rings. The van der Waals surface area contributed by atoms with Crippen LogP contribution in [0.15, 0.2) is 11.1 Å². The van der Waals surface area contributed by atoms with E-state index in [2.05, 4.69) is 19.5 Å². The molecule has 2 aromatic rings. The molecule has 4 atom stereocenters. The lowest BCUT2D eigenvalue weighted by atomic mass is 10.1. The van der Waals surface area contributed by atoms with E-state index in [0.29, 0.717) is 0 Å².